The zero-order chi connectivity index (χ0) is 22.6. The molecule has 0 unspecified atom stereocenters. The summed E-state index contributed by atoms with van der Waals surface area (Å²) in [4.78, 5) is 4.48. The molecule has 4 heterocycles. The lowest BCUT2D eigenvalue weighted by Crippen LogP contribution is -2.26. The highest BCUT2D eigenvalue weighted by Gasteiger charge is 2.19. The number of rotatable bonds is 7. The number of nitriles is 1. The van der Waals surface area contributed by atoms with Gasteiger partial charge in [0.2, 0.25) is 0 Å². The van der Waals surface area contributed by atoms with Gasteiger partial charge in [-0.05, 0) is 30.2 Å². The molecule has 0 N–H and O–H groups in total. The summed E-state index contributed by atoms with van der Waals surface area (Å²) in [5.74, 6) is 1.34. The third kappa shape index (κ3) is 4.48. The first-order valence-electron chi connectivity index (χ1n) is 11.5. The molecule has 7 heteroatoms. The molecular formula is C26H26N4O3. The molecule has 1 fully saturated rings. The Morgan fingerprint density at radius 2 is 2.06 bits per heavy atom. The number of aromatic nitrogens is 3. The van der Waals surface area contributed by atoms with E-state index >= 15 is 0 Å². The number of fused-ring (bicyclic) bond motifs is 1. The van der Waals surface area contributed by atoms with E-state index in [2.05, 4.69) is 23.1 Å². The number of hydrogen-bond acceptors (Lipinski definition) is 6. The van der Waals surface area contributed by atoms with Crippen molar-refractivity contribution >= 4 is 11.1 Å². The van der Waals surface area contributed by atoms with Crippen LogP contribution in [0.15, 0.2) is 53.3 Å². The fourth-order valence-corrected chi connectivity index (χ4v) is 4.10. The number of ether oxygens (including phenoxy) is 2. The van der Waals surface area contributed by atoms with Gasteiger partial charge in [0, 0.05) is 43.4 Å². The second kappa shape index (κ2) is 9.47. The van der Waals surface area contributed by atoms with Crippen molar-refractivity contribution in [3.63, 3.8) is 0 Å². The van der Waals surface area contributed by atoms with Gasteiger partial charge in [-0.25, -0.2) is 0 Å². The van der Waals surface area contributed by atoms with Crippen LogP contribution in [0.4, 0.5) is 0 Å². The molecule has 1 aliphatic rings. The molecule has 0 saturated carbocycles. The molecule has 1 saturated heterocycles. The van der Waals surface area contributed by atoms with Gasteiger partial charge in [-0.2, -0.15) is 10.4 Å². The van der Waals surface area contributed by atoms with Crippen molar-refractivity contribution in [2.75, 3.05) is 13.2 Å². The smallest absolute Gasteiger partial charge is 0.161 e. The van der Waals surface area contributed by atoms with Crippen molar-refractivity contribution in [3.8, 4) is 34.3 Å². The zero-order valence-electron chi connectivity index (χ0n) is 18.7. The standard InChI is InChI=1S/C26H26N4O3/c1-2-3-10-30-17-20(16-29-30)25-14-23-26(33-25)22(6-9-28-23)18-4-5-24(19(13-18)15-27)32-21-7-11-31-12-8-21/h4-6,9,13-14,16-17,21H,2-3,7-8,10-12H2,1H3. The van der Waals surface area contributed by atoms with Crippen LogP contribution in [-0.2, 0) is 11.3 Å². The summed E-state index contributed by atoms with van der Waals surface area (Å²) in [5, 5.41) is 14.2. The monoisotopic (exact) mass is 442 g/mol. The molecular weight excluding hydrogens is 416 g/mol. The van der Waals surface area contributed by atoms with Gasteiger partial charge in [-0.3, -0.25) is 9.67 Å². The van der Waals surface area contributed by atoms with Crippen molar-refractivity contribution in [2.45, 2.75) is 45.3 Å². The van der Waals surface area contributed by atoms with E-state index in [4.69, 9.17) is 13.9 Å². The van der Waals surface area contributed by atoms with Crippen LogP contribution >= 0.6 is 0 Å². The number of nitrogens with zero attached hydrogens (tertiary/aromatic N) is 4. The van der Waals surface area contributed by atoms with E-state index in [9.17, 15) is 5.26 Å². The number of hydrogen-bond donors (Lipinski definition) is 0. The largest absolute Gasteiger partial charge is 0.489 e. The molecule has 1 aliphatic heterocycles. The Bertz CT molecular complexity index is 1290. The summed E-state index contributed by atoms with van der Waals surface area (Å²) in [6, 6.07) is 11.8. The molecule has 3 aromatic heterocycles. The van der Waals surface area contributed by atoms with Gasteiger partial charge in [0.15, 0.2) is 5.58 Å². The molecule has 0 amide bonds. The van der Waals surface area contributed by atoms with Gasteiger partial charge in [0.25, 0.3) is 0 Å². The quantitative estimate of drug-likeness (QED) is 0.371. The Morgan fingerprint density at radius 1 is 1.18 bits per heavy atom. The van der Waals surface area contributed by atoms with E-state index in [0.29, 0.717) is 30.1 Å². The third-order valence-corrected chi connectivity index (χ3v) is 5.94. The highest BCUT2D eigenvalue weighted by atomic mass is 16.5. The maximum atomic E-state index is 9.75. The summed E-state index contributed by atoms with van der Waals surface area (Å²) in [6.07, 6.45) is 9.55. The van der Waals surface area contributed by atoms with Gasteiger partial charge in [0.05, 0.1) is 30.5 Å². The van der Waals surface area contributed by atoms with Gasteiger partial charge in [0.1, 0.15) is 29.2 Å². The van der Waals surface area contributed by atoms with Crippen molar-refractivity contribution in [3.05, 3.63) is 54.5 Å². The number of benzene rings is 1. The number of aryl methyl sites for hydroxylation is 1. The fourth-order valence-electron chi connectivity index (χ4n) is 4.10. The first-order valence-corrected chi connectivity index (χ1v) is 11.5. The molecule has 5 rings (SSSR count). The minimum absolute atomic E-state index is 0.0789. The van der Waals surface area contributed by atoms with Crippen LogP contribution < -0.4 is 4.74 Å². The summed E-state index contributed by atoms with van der Waals surface area (Å²) >= 11 is 0. The van der Waals surface area contributed by atoms with Gasteiger partial charge in [-0.1, -0.05) is 19.4 Å². The van der Waals surface area contributed by atoms with E-state index < -0.39 is 0 Å². The van der Waals surface area contributed by atoms with E-state index in [1.807, 2.05) is 47.4 Å². The van der Waals surface area contributed by atoms with Gasteiger partial charge < -0.3 is 13.9 Å². The predicted octanol–water partition coefficient (Wildman–Crippen LogP) is 5.59. The molecule has 0 atom stereocenters. The SMILES string of the molecule is CCCCn1cc(-c2cc3nccc(-c4ccc(OC5CCOCC5)c(C#N)c4)c3o2)cn1. The average molecular weight is 443 g/mol. The highest BCUT2D eigenvalue weighted by Crippen LogP contribution is 2.35. The maximum absolute atomic E-state index is 9.75. The lowest BCUT2D eigenvalue weighted by Gasteiger charge is -2.23. The molecule has 168 valence electrons. The Morgan fingerprint density at radius 3 is 2.88 bits per heavy atom. The fraction of sp³-hybridized carbons (Fsp3) is 0.346. The van der Waals surface area contributed by atoms with Crippen molar-refractivity contribution < 1.29 is 13.9 Å². The van der Waals surface area contributed by atoms with Gasteiger partial charge >= 0.3 is 0 Å². The molecule has 0 aliphatic carbocycles. The van der Waals surface area contributed by atoms with Crippen LogP contribution in [0.5, 0.6) is 5.75 Å². The Labute approximate surface area is 192 Å². The Balaban J connectivity index is 1.46. The van der Waals surface area contributed by atoms with Crippen LogP contribution in [0, 0.1) is 11.3 Å². The summed E-state index contributed by atoms with van der Waals surface area (Å²) in [6.45, 7) is 4.44. The third-order valence-electron chi connectivity index (χ3n) is 5.94. The van der Waals surface area contributed by atoms with Crippen LogP contribution in [0.25, 0.3) is 33.6 Å². The van der Waals surface area contributed by atoms with E-state index in [0.717, 1.165) is 60.2 Å². The van der Waals surface area contributed by atoms with E-state index in [1.165, 1.54) is 0 Å². The van der Waals surface area contributed by atoms with Crippen LogP contribution in [0.2, 0.25) is 0 Å². The van der Waals surface area contributed by atoms with Crippen LogP contribution in [0.1, 0.15) is 38.2 Å². The molecule has 1 aromatic carbocycles. The second-order valence-electron chi connectivity index (χ2n) is 8.28. The molecule has 0 bridgehead atoms. The van der Waals surface area contributed by atoms with Crippen molar-refractivity contribution in [1.29, 1.82) is 5.26 Å². The highest BCUT2D eigenvalue weighted by molar-refractivity contribution is 5.92. The molecule has 4 aromatic rings. The predicted molar refractivity (Wildman–Crippen MR) is 125 cm³/mol. The normalized spacial score (nSPS) is 14.4. The minimum atomic E-state index is 0.0789. The summed E-state index contributed by atoms with van der Waals surface area (Å²) in [5.41, 5.74) is 4.66. The first-order chi connectivity index (χ1) is 16.2. The van der Waals surface area contributed by atoms with Gasteiger partial charge in [-0.15, -0.1) is 0 Å². The lowest BCUT2D eigenvalue weighted by molar-refractivity contribution is 0.0254. The topological polar surface area (TPSA) is 86.1 Å². The molecule has 7 nitrogen and oxygen atoms in total. The Kier molecular flexibility index (Phi) is 6.09. The Hall–Kier alpha value is -3.63. The molecule has 0 radical (unpaired) electrons. The average Bonchev–Trinajstić information content (AvgIpc) is 3.50. The van der Waals surface area contributed by atoms with Crippen molar-refractivity contribution in [2.24, 2.45) is 0 Å². The van der Waals surface area contributed by atoms with Crippen LogP contribution in [0.3, 0.4) is 0 Å². The second-order valence-corrected chi connectivity index (χ2v) is 8.28. The van der Waals surface area contributed by atoms with E-state index in [-0.39, 0.29) is 6.10 Å². The molecule has 33 heavy (non-hydrogen) atoms. The minimum Gasteiger partial charge on any atom is -0.489 e. The number of furan rings is 1. The summed E-state index contributed by atoms with van der Waals surface area (Å²) < 4.78 is 19.7. The number of pyridine rings is 1. The molecule has 0 spiro atoms. The summed E-state index contributed by atoms with van der Waals surface area (Å²) in [7, 11) is 0. The number of unbranched alkanes of at least 4 members (excludes halogenated alkanes) is 1. The van der Waals surface area contributed by atoms with E-state index in [1.54, 1.807) is 6.20 Å². The van der Waals surface area contributed by atoms with Crippen LogP contribution in [-0.4, -0.2) is 34.1 Å². The lowest BCUT2D eigenvalue weighted by atomic mass is 10.0. The first kappa shape index (κ1) is 21.2. The van der Waals surface area contributed by atoms with Crippen molar-refractivity contribution in [1.82, 2.24) is 14.8 Å². The maximum Gasteiger partial charge on any atom is 0.161 e. The zero-order valence-corrected chi connectivity index (χ0v) is 18.7.